The van der Waals surface area contributed by atoms with E-state index < -0.39 is 23.7 Å². The van der Waals surface area contributed by atoms with Crippen molar-refractivity contribution in [2.45, 2.75) is 6.61 Å². The second-order valence-electron chi connectivity index (χ2n) is 7.00. The first kappa shape index (κ1) is 22.7. The van der Waals surface area contributed by atoms with E-state index in [1.165, 1.54) is 18.2 Å². The molecule has 0 spiro atoms. The molecule has 1 N–H and O–H groups in total. The Morgan fingerprint density at radius 3 is 2.48 bits per heavy atom. The SMILES string of the molecule is O=C1NC(=O)N(c2ccc(F)cc2)C(=O)/C1=C/c1cc(Br)ccc1OCc1ccccc1Cl. The fourth-order valence-corrected chi connectivity index (χ4v) is 3.74. The molecule has 0 bridgehead atoms. The van der Waals surface area contributed by atoms with E-state index in [2.05, 4.69) is 21.2 Å². The molecule has 3 aromatic carbocycles. The number of hydrogen-bond acceptors (Lipinski definition) is 4. The highest BCUT2D eigenvalue weighted by Crippen LogP contribution is 2.29. The lowest BCUT2D eigenvalue weighted by molar-refractivity contribution is -0.122. The van der Waals surface area contributed by atoms with E-state index in [9.17, 15) is 18.8 Å². The predicted octanol–water partition coefficient (Wildman–Crippen LogP) is 5.49. The maximum absolute atomic E-state index is 13.3. The second kappa shape index (κ2) is 9.56. The van der Waals surface area contributed by atoms with Crippen LogP contribution in [-0.2, 0) is 16.2 Å². The van der Waals surface area contributed by atoms with Crippen LogP contribution in [0.25, 0.3) is 6.08 Å². The summed E-state index contributed by atoms with van der Waals surface area (Å²) in [6.45, 7) is 0.164. The highest BCUT2D eigenvalue weighted by atomic mass is 79.9. The van der Waals surface area contributed by atoms with Crippen LogP contribution in [0.3, 0.4) is 0 Å². The summed E-state index contributed by atoms with van der Waals surface area (Å²) in [6.07, 6.45) is 1.34. The van der Waals surface area contributed by atoms with Crippen molar-refractivity contribution in [1.29, 1.82) is 0 Å². The minimum Gasteiger partial charge on any atom is -0.488 e. The fraction of sp³-hybridized carbons (Fsp3) is 0.0417. The average molecular weight is 530 g/mol. The summed E-state index contributed by atoms with van der Waals surface area (Å²) in [5.74, 6) is -1.81. The van der Waals surface area contributed by atoms with Gasteiger partial charge < -0.3 is 4.74 Å². The van der Waals surface area contributed by atoms with E-state index in [0.29, 0.717) is 20.8 Å². The van der Waals surface area contributed by atoms with E-state index in [1.54, 1.807) is 24.3 Å². The van der Waals surface area contributed by atoms with Crippen LogP contribution < -0.4 is 15.0 Å². The van der Waals surface area contributed by atoms with Gasteiger partial charge >= 0.3 is 6.03 Å². The third kappa shape index (κ3) is 4.97. The van der Waals surface area contributed by atoms with Crippen molar-refractivity contribution >= 4 is 57.1 Å². The molecule has 4 amide bonds. The van der Waals surface area contributed by atoms with Crippen LogP contribution in [0.15, 0.2) is 76.8 Å². The number of hydrogen-bond donors (Lipinski definition) is 1. The number of nitrogens with one attached hydrogen (secondary N) is 1. The monoisotopic (exact) mass is 528 g/mol. The number of urea groups is 1. The number of barbiturate groups is 1. The zero-order valence-corrected chi connectivity index (χ0v) is 19.2. The number of carbonyl (C=O) groups is 3. The molecule has 0 aliphatic carbocycles. The molecule has 1 aliphatic rings. The number of halogens is 3. The Kier molecular flexibility index (Phi) is 6.57. The van der Waals surface area contributed by atoms with Gasteiger partial charge in [-0.1, -0.05) is 45.7 Å². The molecule has 1 fully saturated rings. The van der Waals surface area contributed by atoms with E-state index in [4.69, 9.17) is 16.3 Å². The molecule has 0 atom stereocenters. The first-order valence-corrected chi connectivity index (χ1v) is 10.8. The Labute approximate surface area is 201 Å². The maximum Gasteiger partial charge on any atom is 0.335 e. The van der Waals surface area contributed by atoms with Crippen molar-refractivity contribution in [3.8, 4) is 5.75 Å². The number of ether oxygens (including phenoxy) is 1. The summed E-state index contributed by atoms with van der Waals surface area (Å²) >= 11 is 9.56. The van der Waals surface area contributed by atoms with Crippen molar-refractivity contribution in [3.05, 3.63) is 98.7 Å². The number of anilines is 1. The third-order valence-electron chi connectivity index (χ3n) is 4.80. The molecule has 3 aromatic rings. The molecule has 9 heteroatoms. The standard InChI is InChI=1S/C24H15BrClFN2O4/c25-16-5-10-21(33-13-14-3-1-2-4-20(14)26)15(11-16)12-19-22(30)28-24(32)29(23(19)31)18-8-6-17(27)7-9-18/h1-12H,13H2,(H,28,30,32)/b19-12+. The van der Waals surface area contributed by atoms with Crippen LogP contribution in [0.4, 0.5) is 14.9 Å². The van der Waals surface area contributed by atoms with E-state index in [1.807, 2.05) is 18.2 Å². The zero-order valence-electron chi connectivity index (χ0n) is 16.8. The highest BCUT2D eigenvalue weighted by molar-refractivity contribution is 9.10. The van der Waals surface area contributed by atoms with Gasteiger partial charge in [0.15, 0.2) is 0 Å². The van der Waals surface area contributed by atoms with Gasteiger partial charge in [-0.05, 0) is 54.6 Å². The zero-order chi connectivity index (χ0) is 23.5. The van der Waals surface area contributed by atoms with E-state index in [0.717, 1.165) is 22.6 Å². The quantitative estimate of drug-likeness (QED) is 0.350. The van der Waals surface area contributed by atoms with Gasteiger partial charge in [0.05, 0.1) is 5.69 Å². The second-order valence-corrected chi connectivity index (χ2v) is 8.32. The molecule has 1 heterocycles. The molecule has 166 valence electrons. The largest absolute Gasteiger partial charge is 0.488 e. The number of rotatable bonds is 5. The molecule has 0 aromatic heterocycles. The van der Waals surface area contributed by atoms with Crippen molar-refractivity contribution in [2.24, 2.45) is 0 Å². The molecule has 6 nitrogen and oxygen atoms in total. The maximum atomic E-state index is 13.3. The Hall–Kier alpha value is -3.49. The fourth-order valence-electron chi connectivity index (χ4n) is 3.17. The summed E-state index contributed by atoms with van der Waals surface area (Å²) < 4.78 is 19.9. The van der Waals surface area contributed by atoms with Crippen molar-refractivity contribution < 1.29 is 23.5 Å². The summed E-state index contributed by atoms with van der Waals surface area (Å²) in [5.41, 5.74) is 1.05. The van der Waals surface area contributed by atoms with Crippen LogP contribution in [0.1, 0.15) is 11.1 Å². The average Bonchev–Trinajstić information content (AvgIpc) is 2.78. The van der Waals surface area contributed by atoms with Crippen molar-refractivity contribution in [1.82, 2.24) is 5.32 Å². The smallest absolute Gasteiger partial charge is 0.335 e. The highest BCUT2D eigenvalue weighted by Gasteiger charge is 2.37. The van der Waals surface area contributed by atoms with E-state index >= 15 is 0 Å². The summed E-state index contributed by atoms with van der Waals surface area (Å²) in [4.78, 5) is 38.7. The molecule has 4 rings (SSSR count). The lowest BCUT2D eigenvalue weighted by Gasteiger charge is -2.26. The number of imide groups is 2. The van der Waals surface area contributed by atoms with Gasteiger partial charge in [-0.25, -0.2) is 14.1 Å². The first-order chi connectivity index (χ1) is 15.8. The Morgan fingerprint density at radius 1 is 1.03 bits per heavy atom. The topological polar surface area (TPSA) is 75.7 Å². The van der Waals surface area contributed by atoms with Gasteiger partial charge in [-0.3, -0.25) is 14.9 Å². The first-order valence-electron chi connectivity index (χ1n) is 9.66. The predicted molar refractivity (Wildman–Crippen MR) is 125 cm³/mol. The van der Waals surface area contributed by atoms with Crippen LogP contribution >= 0.6 is 27.5 Å². The van der Waals surface area contributed by atoms with Crippen LogP contribution in [0.5, 0.6) is 5.75 Å². The molecule has 0 saturated carbocycles. The molecule has 0 unspecified atom stereocenters. The minimum atomic E-state index is -0.918. The number of nitrogens with zero attached hydrogens (tertiary/aromatic N) is 1. The van der Waals surface area contributed by atoms with Gasteiger partial charge in [0.25, 0.3) is 11.8 Å². The van der Waals surface area contributed by atoms with Gasteiger partial charge in [-0.2, -0.15) is 0 Å². The molecular formula is C24H15BrClFN2O4. The molecule has 1 saturated heterocycles. The number of carbonyl (C=O) groups excluding carboxylic acids is 3. The molecule has 1 aliphatic heterocycles. The Bertz CT molecular complexity index is 1290. The van der Waals surface area contributed by atoms with Gasteiger partial charge in [0.2, 0.25) is 0 Å². The van der Waals surface area contributed by atoms with Crippen molar-refractivity contribution in [2.75, 3.05) is 4.90 Å². The summed E-state index contributed by atoms with van der Waals surface area (Å²) in [7, 11) is 0. The number of benzene rings is 3. The van der Waals surface area contributed by atoms with Crippen LogP contribution in [0.2, 0.25) is 5.02 Å². The summed E-state index contributed by atoms with van der Waals surface area (Å²) in [6, 6.07) is 16.2. The van der Waals surface area contributed by atoms with Crippen molar-refractivity contribution in [3.63, 3.8) is 0 Å². The number of amides is 4. The minimum absolute atomic E-state index is 0.127. The lowest BCUT2D eigenvalue weighted by atomic mass is 10.1. The Morgan fingerprint density at radius 2 is 1.76 bits per heavy atom. The van der Waals surface area contributed by atoms with Gasteiger partial charge in [-0.15, -0.1) is 0 Å². The van der Waals surface area contributed by atoms with Crippen LogP contribution in [0, 0.1) is 5.82 Å². The molecular weight excluding hydrogens is 515 g/mol. The summed E-state index contributed by atoms with van der Waals surface area (Å²) in [5, 5.41) is 2.68. The van der Waals surface area contributed by atoms with E-state index in [-0.39, 0.29) is 17.9 Å². The molecule has 0 radical (unpaired) electrons. The normalized spacial score (nSPS) is 15.1. The van der Waals surface area contributed by atoms with Gasteiger partial charge in [0, 0.05) is 20.6 Å². The lowest BCUT2D eigenvalue weighted by Crippen LogP contribution is -2.54. The van der Waals surface area contributed by atoms with Gasteiger partial charge in [0.1, 0.15) is 23.7 Å². The Balaban J connectivity index is 1.68. The molecule has 33 heavy (non-hydrogen) atoms. The third-order valence-corrected chi connectivity index (χ3v) is 5.66. The van der Waals surface area contributed by atoms with Crippen LogP contribution in [-0.4, -0.2) is 17.8 Å².